The lowest BCUT2D eigenvalue weighted by molar-refractivity contribution is -0.735. The summed E-state index contributed by atoms with van der Waals surface area (Å²) < 4.78 is 4.90. The van der Waals surface area contributed by atoms with Gasteiger partial charge in [-0.15, -0.1) is 4.68 Å². The molecule has 0 saturated heterocycles. The second-order valence-electron chi connectivity index (χ2n) is 4.42. The summed E-state index contributed by atoms with van der Waals surface area (Å²) in [5, 5.41) is 1.46. The van der Waals surface area contributed by atoms with Crippen LogP contribution in [-0.4, -0.2) is 4.68 Å². The van der Waals surface area contributed by atoms with Crippen molar-refractivity contribution in [3.8, 4) is 0 Å². The van der Waals surface area contributed by atoms with E-state index in [4.69, 9.17) is 0 Å². The van der Waals surface area contributed by atoms with Gasteiger partial charge in [0.25, 0.3) is 0 Å². The van der Waals surface area contributed by atoms with Gasteiger partial charge in [-0.2, -0.15) is 4.68 Å². The summed E-state index contributed by atoms with van der Waals surface area (Å²) in [6, 6.07) is 6.81. The molecule has 2 nitrogen and oxygen atoms in total. The maximum atomic E-state index is 2.46. The molecule has 0 spiro atoms. The lowest BCUT2D eigenvalue weighted by atomic mass is 10.1. The van der Waals surface area contributed by atoms with Gasteiger partial charge < -0.3 is 0 Å². The molecule has 1 aliphatic rings. The lowest BCUT2D eigenvalue weighted by Crippen LogP contribution is -2.37. The van der Waals surface area contributed by atoms with Crippen LogP contribution in [0.1, 0.15) is 24.6 Å². The Kier molecular flexibility index (Phi) is 1.84. The maximum Gasteiger partial charge on any atom is 0.238 e. The largest absolute Gasteiger partial charge is 0.238 e. The summed E-state index contributed by atoms with van der Waals surface area (Å²) in [6.07, 6.45) is 2.42. The van der Waals surface area contributed by atoms with Crippen LogP contribution in [0.15, 0.2) is 18.2 Å². The first-order valence-corrected chi connectivity index (χ1v) is 5.83. The molecule has 0 saturated carbocycles. The highest BCUT2D eigenvalue weighted by Gasteiger charge is 2.26. The van der Waals surface area contributed by atoms with Crippen molar-refractivity contribution in [1.29, 1.82) is 0 Å². The molecule has 1 aliphatic heterocycles. The molecule has 3 rings (SSSR count). The smallest absolute Gasteiger partial charge is 0.156 e. The van der Waals surface area contributed by atoms with E-state index in [1.165, 1.54) is 41.7 Å². The van der Waals surface area contributed by atoms with Crippen molar-refractivity contribution in [2.45, 2.75) is 39.8 Å². The van der Waals surface area contributed by atoms with Gasteiger partial charge in [-0.3, -0.25) is 0 Å². The molecular formula is C13H17N2+. The van der Waals surface area contributed by atoms with E-state index in [1.54, 1.807) is 0 Å². The fraction of sp³-hybridized carbons (Fsp3) is 0.462. The van der Waals surface area contributed by atoms with Crippen LogP contribution in [0.4, 0.5) is 0 Å². The van der Waals surface area contributed by atoms with Gasteiger partial charge in [0.2, 0.25) is 5.52 Å². The van der Waals surface area contributed by atoms with Crippen LogP contribution in [0, 0.1) is 6.92 Å². The molecule has 0 N–H and O–H groups in total. The van der Waals surface area contributed by atoms with Crippen LogP contribution >= 0.6 is 0 Å². The van der Waals surface area contributed by atoms with Gasteiger partial charge in [0.1, 0.15) is 0 Å². The Bertz CT molecular complexity index is 523. The van der Waals surface area contributed by atoms with E-state index in [0.29, 0.717) is 0 Å². The molecule has 1 aromatic heterocycles. The Morgan fingerprint density at radius 2 is 2.27 bits per heavy atom. The van der Waals surface area contributed by atoms with Crippen LogP contribution < -0.4 is 4.68 Å². The molecule has 15 heavy (non-hydrogen) atoms. The van der Waals surface area contributed by atoms with Gasteiger partial charge in [-0.1, -0.05) is 13.0 Å². The third kappa shape index (κ3) is 1.14. The Balaban J connectivity index is 2.41. The van der Waals surface area contributed by atoms with Crippen molar-refractivity contribution >= 4 is 10.9 Å². The van der Waals surface area contributed by atoms with Crippen LogP contribution in [0.5, 0.6) is 0 Å². The molecule has 0 bridgehead atoms. The van der Waals surface area contributed by atoms with E-state index < -0.39 is 0 Å². The van der Waals surface area contributed by atoms with Gasteiger partial charge in [0.05, 0.1) is 17.6 Å². The minimum absolute atomic E-state index is 1.13. The number of hydrogen-bond acceptors (Lipinski definition) is 0. The molecule has 2 heterocycles. The standard InChI is InChI=1S/C13H17N2/c1-3-12-11-9-10(2)5-6-13(11)15-8-4-7-14(12)15/h5-6,9H,3-4,7-8H2,1-2H3/q+1. The van der Waals surface area contributed by atoms with E-state index in [0.717, 1.165) is 6.42 Å². The molecule has 2 heteroatoms. The Morgan fingerprint density at radius 3 is 3.07 bits per heavy atom. The molecule has 0 radical (unpaired) electrons. The highest BCUT2D eigenvalue weighted by molar-refractivity contribution is 5.79. The molecule has 0 unspecified atom stereocenters. The van der Waals surface area contributed by atoms with Crippen molar-refractivity contribution in [3.63, 3.8) is 0 Å². The van der Waals surface area contributed by atoms with Gasteiger partial charge in [0, 0.05) is 12.5 Å². The molecule has 0 fully saturated rings. The average Bonchev–Trinajstić information content (AvgIpc) is 2.76. The van der Waals surface area contributed by atoms with Crippen molar-refractivity contribution in [1.82, 2.24) is 4.68 Å². The third-order valence-electron chi connectivity index (χ3n) is 3.42. The molecule has 78 valence electrons. The first-order chi connectivity index (χ1) is 7.31. The fourth-order valence-electron chi connectivity index (χ4n) is 2.76. The predicted molar refractivity (Wildman–Crippen MR) is 60.9 cm³/mol. The first kappa shape index (κ1) is 8.96. The van der Waals surface area contributed by atoms with E-state index >= 15 is 0 Å². The average molecular weight is 201 g/mol. The van der Waals surface area contributed by atoms with E-state index in [-0.39, 0.29) is 0 Å². The molecule has 1 aromatic carbocycles. The van der Waals surface area contributed by atoms with E-state index in [2.05, 4.69) is 41.4 Å². The first-order valence-electron chi connectivity index (χ1n) is 5.83. The normalized spacial score (nSPS) is 14.8. The van der Waals surface area contributed by atoms with Crippen LogP contribution in [-0.2, 0) is 19.5 Å². The van der Waals surface area contributed by atoms with Crippen LogP contribution in [0.25, 0.3) is 10.9 Å². The number of hydrogen-bond donors (Lipinski definition) is 0. The lowest BCUT2D eigenvalue weighted by Gasteiger charge is -1.95. The van der Waals surface area contributed by atoms with Crippen molar-refractivity contribution in [2.24, 2.45) is 0 Å². The zero-order valence-electron chi connectivity index (χ0n) is 9.45. The summed E-state index contributed by atoms with van der Waals surface area (Å²) in [4.78, 5) is 0. The molecule has 2 aromatic rings. The highest BCUT2D eigenvalue weighted by Crippen LogP contribution is 2.21. The van der Waals surface area contributed by atoms with Gasteiger partial charge in [-0.05, 0) is 25.0 Å². The summed E-state index contributed by atoms with van der Waals surface area (Å²) >= 11 is 0. The number of aromatic nitrogens is 2. The number of aryl methyl sites for hydroxylation is 3. The molecular weight excluding hydrogens is 184 g/mol. The Hall–Kier alpha value is -1.31. The number of rotatable bonds is 1. The van der Waals surface area contributed by atoms with Crippen molar-refractivity contribution in [2.75, 3.05) is 0 Å². The van der Waals surface area contributed by atoms with Gasteiger partial charge in [-0.25, -0.2) is 0 Å². The second-order valence-corrected chi connectivity index (χ2v) is 4.42. The maximum absolute atomic E-state index is 2.46. The molecule has 0 atom stereocenters. The van der Waals surface area contributed by atoms with Crippen LogP contribution in [0.2, 0.25) is 0 Å². The van der Waals surface area contributed by atoms with E-state index in [1.807, 2.05) is 0 Å². The van der Waals surface area contributed by atoms with E-state index in [9.17, 15) is 0 Å². The summed E-state index contributed by atoms with van der Waals surface area (Å²) in [7, 11) is 0. The summed E-state index contributed by atoms with van der Waals surface area (Å²) in [5.41, 5.74) is 4.28. The minimum Gasteiger partial charge on any atom is -0.156 e. The SMILES string of the molecule is CCc1c2cc(C)ccc2[n+]2n1CCC2. The molecule has 0 amide bonds. The third-order valence-corrected chi connectivity index (χ3v) is 3.42. The highest BCUT2D eigenvalue weighted by atomic mass is 15.4. The molecule has 0 aliphatic carbocycles. The monoisotopic (exact) mass is 201 g/mol. The Morgan fingerprint density at radius 1 is 1.40 bits per heavy atom. The fourth-order valence-corrected chi connectivity index (χ4v) is 2.76. The predicted octanol–water partition coefficient (Wildman–Crippen LogP) is 2.20. The zero-order valence-corrected chi connectivity index (χ0v) is 9.45. The minimum atomic E-state index is 1.13. The zero-order chi connectivity index (χ0) is 10.4. The van der Waals surface area contributed by atoms with Crippen LogP contribution in [0.3, 0.4) is 0 Å². The van der Waals surface area contributed by atoms with Gasteiger partial charge in [0.15, 0.2) is 6.54 Å². The summed E-state index contributed by atoms with van der Waals surface area (Å²) in [6.45, 7) is 6.80. The topological polar surface area (TPSA) is 8.81 Å². The van der Waals surface area contributed by atoms with Crippen molar-refractivity contribution in [3.05, 3.63) is 29.5 Å². The number of nitrogens with zero attached hydrogens (tertiary/aromatic N) is 2. The van der Waals surface area contributed by atoms with Crippen molar-refractivity contribution < 1.29 is 4.68 Å². The number of fused-ring (bicyclic) bond motifs is 3. The summed E-state index contributed by atoms with van der Waals surface area (Å²) in [5.74, 6) is 0. The second kappa shape index (κ2) is 3.09. The quantitative estimate of drug-likeness (QED) is 0.625. The number of benzene rings is 1. The van der Waals surface area contributed by atoms with Gasteiger partial charge >= 0.3 is 0 Å². The Labute approximate surface area is 90.1 Å².